The molecule has 5 nitrogen and oxygen atoms in total. The van der Waals surface area contributed by atoms with Crippen LogP contribution in [0.5, 0.6) is 0 Å². The van der Waals surface area contributed by atoms with E-state index < -0.39 is 0 Å². The summed E-state index contributed by atoms with van der Waals surface area (Å²) in [5.41, 5.74) is 2.66. The number of hydrogen-bond donors (Lipinski definition) is 2. The molecule has 0 spiro atoms. The summed E-state index contributed by atoms with van der Waals surface area (Å²) in [5.74, 6) is 0.706. The Kier molecular flexibility index (Phi) is 8.68. The fourth-order valence-corrected chi connectivity index (χ4v) is 2.99. The Morgan fingerprint density at radius 2 is 1.96 bits per heavy atom. The number of carbonyl (C=O) groups is 1. The standard InChI is InChI=1S/C20H29BrN4O/c1-25(2)19(26)15-24-20(22-13-12-16-6-4-3-5-7-16)23-14-17-8-10-18(21)11-9-17/h6,8-11H,3-5,7,12-15H2,1-2H3,(H2,22,23,24). The first-order valence-corrected chi connectivity index (χ1v) is 9.98. The Bertz CT molecular complexity index is 638. The molecule has 2 rings (SSSR count). The van der Waals surface area contributed by atoms with Gasteiger partial charge in [0.1, 0.15) is 0 Å². The van der Waals surface area contributed by atoms with E-state index in [1.54, 1.807) is 19.0 Å². The predicted octanol–water partition coefficient (Wildman–Crippen LogP) is 3.46. The number of halogens is 1. The molecule has 0 aliphatic heterocycles. The molecular formula is C20H29BrN4O. The van der Waals surface area contributed by atoms with Gasteiger partial charge in [-0.3, -0.25) is 4.79 Å². The van der Waals surface area contributed by atoms with Gasteiger partial charge in [-0.15, -0.1) is 0 Å². The highest BCUT2D eigenvalue weighted by molar-refractivity contribution is 9.10. The van der Waals surface area contributed by atoms with E-state index in [1.807, 2.05) is 24.3 Å². The van der Waals surface area contributed by atoms with Crippen molar-refractivity contribution in [3.05, 3.63) is 46.0 Å². The minimum Gasteiger partial charge on any atom is -0.356 e. The summed E-state index contributed by atoms with van der Waals surface area (Å²) in [6.07, 6.45) is 8.42. The van der Waals surface area contributed by atoms with Gasteiger partial charge in [0.2, 0.25) is 5.91 Å². The number of nitrogens with zero attached hydrogens (tertiary/aromatic N) is 2. The fraction of sp³-hybridized carbons (Fsp3) is 0.500. The molecule has 0 saturated heterocycles. The number of carbonyl (C=O) groups excluding carboxylic acids is 1. The van der Waals surface area contributed by atoms with Gasteiger partial charge in [0, 0.05) is 25.1 Å². The Labute approximate surface area is 165 Å². The molecule has 0 aromatic heterocycles. The van der Waals surface area contributed by atoms with Gasteiger partial charge >= 0.3 is 0 Å². The van der Waals surface area contributed by atoms with Gasteiger partial charge in [-0.25, -0.2) is 4.99 Å². The van der Waals surface area contributed by atoms with Crippen LogP contribution in [-0.4, -0.2) is 44.0 Å². The third kappa shape index (κ3) is 7.60. The van der Waals surface area contributed by atoms with E-state index in [1.165, 1.54) is 31.3 Å². The second kappa shape index (κ2) is 11.0. The predicted molar refractivity (Wildman–Crippen MR) is 111 cm³/mol. The first kappa shape index (κ1) is 20.5. The monoisotopic (exact) mass is 420 g/mol. The Morgan fingerprint density at radius 1 is 1.19 bits per heavy atom. The molecule has 0 atom stereocenters. The van der Waals surface area contributed by atoms with E-state index in [2.05, 4.69) is 37.6 Å². The number of likely N-dealkylation sites (N-methyl/N-ethyl adjacent to an activating group) is 1. The zero-order valence-electron chi connectivity index (χ0n) is 15.7. The number of amides is 1. The summed E-state index contributed by atoms with van der Waals surface area (Å²) in [6.45, 7) is 1.64. The maximum atomic E-state index is 11.8. The zero-order valence-corrected chi connectivity index (χ0v) is 17.3. The highest BCUT2D eigenvalue weighted by Gasteiger charge is 2.07. The van der Waals surface area contributed by atoms with Gasteiger partial charge in [-0.05, 0) is 49.8 Å². The Morgan fingerprint density at radius 3 is 2.62 bits per heavy atom. The molecule has 0 heterocycles. The molecule has 0 saturated carbocycles. The summed E-state index contributed by atoms with van der Waals surface area (Å²) in [5, 5.41) is 6.50. The Hall–Kier alpha value is -1.82. The largest absolute Gasteiger partial charge is 0.356 e. The minimum atomic E-state index is 0.0260. The lowest BCUT2D eigenvalue weighted by Crippen LogP contribution is -2.43. The van der Waals surface area contributed by atoms with E-state index in [-0.39, 0.29) is 12.5 Å². The molecule has 2 N–H and O–H groups in total. The average molecular weight is 421 g/mol. The van der Waals surface area contributed by atoms with Crippen molar-refractivity contribution in [2.45, 2.75) is 38.6 Å². The lowest BCUT2D eigenvalue weighted by atomic mass is 9.97. The van der Waals surface area contributed by atoms with Gasteiger partial charge in [0.05, 0.1) is 13.1 Å². The molecule has 1 aliphatic carbocycles. The second-order valence-electron chi connectivity index (χ2n) is 6.72. The molecule has 0 bridgehead atoms. The minimum absolute atomic E-state index is 0.0260. The van der Waals surface area contributed by atoms with E-state index in [0.717, 1.165) is 23.0 Å². The van der Waals surface area contributed by atoms with E-state index >= 15 is 0 Å². The van der Waals surface area contributed by atoms with Crippen molar-refractivity contribution in [3.8, 4) is 0 Å². The van der Waals surface area contributed by atoms with Crippen LogP contribution in [0.25, 0.3) is 0 Å². The van der Waals surface area contributed by atoms with Crippen molar-refractivity contribution < 1.29 is 4.79 Å². The van der Waals surface area contributed by atoms with Crippen molar-refractivity contribution >= 4 is 27.8 Å². The topological polar surface area (TPSA) is 56.7 Å². The van der Waals surface area contributed by atoms with Crippen LogP contribution in [0.4, 0.5) is 0 Å². The summed E-state index contributed by atoms with van der Waals surface area (Å²) >= 11 is 3.44. The molecule has 0 fully saturated rings. The van der Waals surface area contributed by atoms with Crippen LogP contribution in [0.1, 0.15) is 37.7 Å². The summed E-state index contributed by atoms with van der Waals surface area (Å²) in [7, 11) is 3.51. The Balaban J connectivity index is 1.90. The number of allylic oxidation sites excluding steroid dienone is 1. The van der Waals surface area contributed by atoms with Crippen LogP contribution in [0.15, 0.2) is 45.4 Å². The van der Waals surface area contributed by atoms with Crippen LogP contribution >= 0.6 is 15.9 Å². The molecule has 1 aromatic carbocycles. The van der Waals surface area contributed by atoms with Crippen molar-refractivity contribution in [1.29, 1.82) is 0 Å². The number of guanidine groups is 1. The molecule has 26 heavy (non-hydrogen) atoms. The SMILES string of the molecule is CN(C)C(=O)CNC(=NCc1ccc(Br)cc1)NCCC1=CCCCC1. The second-order valence-corrected chi connectivity index (χ2v) is 7.63. The number of aliphatic imine (C=N–C) groups is 1. The number of hydrogen-bond acceptors (Lipinski definition) is 2. The van der Waals surface area contributed by atoms with Crippen molar-refractivity contribution in [3.63, 3.8) is 0 Å². The van der Waals surface area contributed by atoms with Gasteiger partial charge in [0.15, 0.2) is 5.96 Å². The lowest BCUT2D eigenvalue weighted by Gasteiger charge is -2.16. The molecule has 1 aliphatic rings. The van der Waals surface area contributed by atoms with Gasteiger partial charge in [-0.2, -0.15) is 0 Å². The third-order valence-corrected chi connectivity index (χ3v) is 4.89. The van der Waals surface area contributed by atoms with Crippen LogP contribution in [-0.2, 0) is 11.3 Å². The zero-order chi connectivity index (χ0) is 18.8. The first-order valence-electron chi connectivity index (χ1n) is 9.19. The summed E-state index contributed by atoms with van der Waals surface area (Å²) in [6, 6.07) is 8.11. The number of rotatable bonds is 7. The molecule has 1 amide bonds. The van der Waals surface area contributed by atoms with Crippen molar-refractivity contribution in [2.24, 2.45) is 4.99 Å². The van der Waals surface area contributed by atoms with Crippen LogP contribution < -0.4 is 10.6 Å². The molecular weight excluding hydrogens is 392 g/mol. The van der Waals surface area contributed by atoms with Crippen molar-refractivity contribution in [1.82, 2.24) is 15.5 Å². The summed E-state index contributed by atoms with van der Waals surface area (Å²) < 4.78 is 1.05. The molecule has 0 unspecified atom stereocenters. The fourth-order valence-electron chi connectivity index (χ4n) is 2.73. The van der Waals surface area contributed by atoms with E-state index in [4.69, 9.17) is 0 Å². The quantitative estimate of drug-likeness (QED) is 0.403. The van der Waals surface area contributed by atoms with Gasteiger partial charge in [0.25, 0.3) is 0 Å². The summed E-state index contributed by atoms with van der Waals surface area (Å²) in [4.78, 5) is 18.0. The first-order chi connectivity index (χ1) is 12.5. The highest BCUT2D eigenvalue weighted by Crippen LogP contribution is 2.19. The molecule has 142 valence electrons. The molecule has 0 radical (unpaired) electrons. The average Bonchev–Trinajstić information content (AvgIpc) is 2.65. The molecule has 6 heteroatoms. The van der Waals surface area contributed by atoms with E-state index in [9.17, 15) is 4.79 Å². The molecule has 1 aromatic rings. The maximum Gasteiger partial charge on any atom is 0.241 e. The smallest absolute Gasteiger partial charge is 0.241 e. The highest BCUT2D eigenvalue weighted by atomic mass is 79.9. The van der Waals surface area contributed by atoms with Crippen molar-refractivity contribution in [2.75, 3.05) is 27.2 Å². The van der Waals surface area contributed by atoms with Crippen LogP contribution in [0.3, 0.4) is 0 Å². The van der Waals surface area contributed by atoms with Gasteiger partial charge < -0.3 is 15.5 Å². The third-order valence-electron chi connectivity index (χ3n) is 4.36. The maximum absolute atomic E-state index is 11.8. The number of benzene rings is 1. The van der Waals surface area contributed by atoms with Crippen LogP contribution in [0.2, 0.25) is 0 Å². The number of nitrogens with one attached hydrogen (secondary N) is 2. The normalized spacial score (nSPS) is 14.6. The van der Waals surface area contributed by atoms with E-state index in [0.29, 0.717) is 12.5 Å². The van der Waals surface area contributed by atoms with Crippen LogP contribution in [0, 0.1) is 0 Å². The lowest BCUT2D eigenvalue weighted by molar-refractivity contribution is -0.127. The van der Waals surface area contributed by atoms with Gasteiger partial charge in [-0.1, -0.05) is 39.7 Å².